The van der Waals surface area contributed by atoms with E-state index in [1.807, 2.05) is 12.1 Å². The zero-order valence-electron chi connectivity index (χ0n) is 14.6. The van der Waals surface area contributed by atoms with Crippen molar-refractivity contribution in [3.8, 4) is 5.75 Å². The number of quaternary nitrogens is 1. The van der Waals surface area contributed by atoms with E-state index < -0.39 is 0 Å². The number of nitrogens with one attached hydrogen (secondary N) is 1. The third-order valence-electron chi connectivity index (χ3n) is 4.53. The molecule has 4 heteroatoms. The summed E-state index contributed by atoms with van der Waals surface area (Å²) in [6.45, 7) is 9.02. The third-order valence-corrected chi connectivity index (χ3v) is 4.53. The normalized spacial score (nSPS) is 22.7. The lowest BCUT2D eigenvalue weighted by atomic mass is 10.0. The van der Waals surface area contributed by atoms with Gasteiger partial charge in [0.25, 0.3) is 0 Å². The van der Waals surface area contributed by atoms with Crippen molar-refractivity contribution in [2.45, 2.75) is 39.2 Å². The Kier molecular flexibility index (Phi) is 7.86. The van der Waals surface area contributed by atoms with Crippen LogP contribution in [-0.2, 0) is 11.2 Å². The number of likely N-dealkylation sites (tertiary alicyclic amines) is 1. The largest absolute Gasteiger partial charge is 0.491 e. The summed E-state index contributed by atoms with van der Waals surface area (Å²) < 4.78 is 11.2. The third kappa shape index (κ3) is 6.90. The van der Waals surface area contributed by atoms with Crippen LogP contribution in [0.2, 0.25) is 0 Å². The monoisotopic (exact) mass is 322 g/mol. The Balaban J connectivity index is 1.54. The zero-order chi connectivity index (χ0) is 16.5. The van der Waals surface area contributed by atoms with E-state index in [4.69, 9.17) is 9.47 Å². The van der Waals surface area contributed by atoms with Crippen LogP contribution < -0.4 is 9.64 Å². The SMILES string of the molecule is CCc1ccc(OCCOC[C@H](O)C[NH+]2CCC[C@H](C)C2)cc1. The first kappa shape index (κ1) is 18.2. The second-order valence-electron chi connectivity index (χ2n) is 6.73. The average Bonchev–Trinajstić information content (AvgIpc) is 2.55. The fourth-order valence-electron chi connectivity index (χ4n) is 3.23. The summed E-state index contributed by atoms with van der Waals surface area (Å²) in [7, 11) is 0. The van der Waals surface area contributed by atoms with Crippen molar-refractivity contribution in [1.82, 2.24) is 0 Å². The van der Waals surface area contributed by atoms with Gasteiger partial charge in [-0.1, -0.05) is 26.0 Å². The summed E-state index contributed by atoms with van der Waals surface area (Å²) in [5, 5.41) is 10.1. The van der Waals surface area contributed by atoms with Gasteiger partial charge in [0.05, 0.1) is 26.3 Å². The lowest BCUT2D eigenvalue weighted by Crippen LogP contribution is -3.14. The van der Waals surface area contributed by atoms with Crippen molar-refractivity contribution in [3.05, 3.63) is 29.8 Å². The van der Waals surface area contributed by atoms with Crippen molar-refractivity contribution in [2.75, 3.05) is 39.5 Å². The predicted octanol–water partition coefficient (Wildman–Crippen LogP) is 1.32. The predicted molar refractivity (Wildman–Crippen MR) is 92.1 cm³/mol. The van der Waals surface area contributed by atoms with E-state index >= 15 is 0 Å². The van der Waals surface area contributed by atoms with Crippen LogP contribution in [0.5, 0.6) is 5.75 Å². The van der Waals surface area contributed by atoms with E-state index in [1.165, 1.54) is 36.4 Å². The summed E-state index contributed by atoms with van der Waals surface area (Å²) in [4.78, 5) is 1.51. The topological polar surface area (TPSA) is 43.1 Å². The fourth-order valence-corrected chi connectivity index (χ4v) is 3.23. The number of aliphatic hydroxyl groups excluding tert-OH is 1. The first-order valence-electron chi connectivity index (χ1n) is 8.98. The zero-order valence-corrected chi connectivity index (χ0v) is 14.6. The van der Waals surface area contributed by atoms with Crippen LogP contribution >= 0.6 is 0 Å². The van der Waals surface area contributed by atoms with Crippen LogP contribution in [0.25, 0.3) is 0 Å². The molecule has 1 aliphatic rings. The number of aryl methyl sites for hydroxylation is 1. The molecule has 0 aromatic heterocycles. The molecule has 2 N–H and O–H groups in total. The Labute approximate surface area is 140 Å². The molecule has 1 unspecified atom stereocenters. The first-order chi connectivity index (χ1) is 11.2. The van der Waals surface area contributed by atoms with Crippen LogP contribution in [0.15, 0.2) is 24.3 Å². The fraction of sp³-hybridized carbons (Fsp3) is 0.684. The van der Waals surface area contributed by atoms with Crippen LogP contribution in [0, 0.1) is 5.92 Å². The van der Waals surface area contributed by atoms with Gasteiger partial charge < -0.3 is 19.5 Å². The van der Waals surface area contributed by atoms with Crippen molar-refractivity contribution < 1.29 is 19.5 Å². The Hall–Kier alpha value is -1.10. The summed E-state index contributed by atoms with van der Waals surface area (Å²) in [5.74, 6) is 1.65. The highest BCUT2D eigenvalue weighted by atomic mass is 16.5. The minimum Gasteiger partial charge on any atom is -0.491 e. The summed E-state index contributed by atoms with van der Waals surface area (Å²) >= 11 is 0. The van der Waals surface area contributed by atoms with E-state index in [-0.39, 0.29) is 6.10 Å². The van der Waals surface area contributed by atoms with Crippen molar-refractivity contribution in [2.24, 2.45) is 5.92 Å². The van der Waals surface area contributed by atoms with Gasteiger partial charge in [-0.05, 0) is 37.0 Å². The van der Waals surface area contributed by atoms with Crippen LogP contribution in [-0.4, -0.2) is 50.7 Å². The summed E-state index contributed by atoms with van der Waals surface area (Å²) in [6.07, 6.45) is 3.26. The average molecular weight is 322 g/mol. The van der Waals surface area contributed by atoms with E-state index in [0.29, 0.717) is 19.8 Å². The highest BCUT2D eigenvalue weighted by molar-refractivity contribution is 5.27. The van der Waals surface area contributed by atoms with Crippen LogP contribution in [0.4, 0.5) is 0 Å². The maximum atomic E-state index is 10.1. The maximum Gasteiger partial charge on any atom is 0.126 e. The number of benzene rings is 1. The van der Waals surface area contributed by atoms with E-state index in [9.17, 15) is 5.11 Å². The van der Waals surface area contributed by atoms with Crippen molar-refractivity contribution in [3.63, 3.8) is 0 Å². The Morgan fingerprint density at radius 3 is 2.74 bits per heavy atom. The first-order valence-corrected chi connectivity index (χ1v) is 8.98. The molecule has 1 fully saturated rings. The van der Waals surface area contributed by atoms with Gasteiger partial charge in [-0.25, -0.2) is 0 Å². The molecule has 23 heavy (non-hydrogen) atoms. The molecule has 0 radical (unpaired) electrons. The standard InChI is InChI=1S/C19H31NO3/c1-3-17-6-8-19(9-7-17)23-12-11-22-15-18(21)14-20-10-4-5-16(2)13-20/h6-9,16,18,21H,3-5,10-15H2,1-2H3/p+1/t16-,18+/m0/s1. The van der Waals surface area contributed by atoms with Gasteiger partial charge in [0, 0.05) is 5.92 Å². The maximum absolute atomic E-state index is 10.1. The highest BCUT2D eigenvalue weighted by Gasteiger charge is 2.22. The van der Waals surface area contributed by atoms with Gasteiger partial charge in [0.1, 0.15) is 25.0 Å². The Morgan fingerprint density at radius 2 is 2.04 bits per heavy atom. The quantitative estimate of drug-likeness (QED) is 0.674. The highest BCUT2D eigenvalue weighted by Crippen LogP contribution is 2.12. The number of rotatable bonds is 9. The molecule has 4 nitrogen and oxygen atoms in total. The molecule has 0 spiro atoms. The van der Waals surface area contributed by atoms with Crippen LogP contribution in [0.1, 0.15) is 32.3 Å². The van der Waals surface area contributed by atoms with E-state index in [1.54, 1.807) is 0 Å². The van der Waals surface area contributed by atoms with Gasteiger partial charge in [-0.15, -0.1) is 0 Å². The lowest BCUT2D eigenvalue weighted by Gasteiger charge is -2.29. The molecule has 0 bridgehead atoms. The Morgan fingerprint density at radius 1 is 1.26 bits per heavy atom. The number of hydrogen-bond acceptors (Lipinski definition) is 3. The summed E-state index contributed by atoms with van der Waals surface area (Å²) in [5.41, 5.74) is 1.31. The molecular formula is C19H32NO3+. The molecule has 1 saturated heterocycles. The molecule has 0 saturated carbocycles. The molecule has 1 heterocycles. The minimum absolute atomic E-state index is 0.376. The molecular weight excluding hydrogens is 290 g/mol. The molecule has 3 atom stereocenters. The lowest BCUT2D eigenvalue weighted by molar-refractivity contribution is -0.911. The molecule has 1 aromatic rings. The number of piperidine rings is 1. The van der Waals surface area contributed by atoms with Crippen molar-refractivity contribution in [1.29, 1.82) is 0 Å². The minimum atomic E-state index is -0.376. The van der Waals surface area contributed by atoms with Crippen LogP contribution in [0.3, 0.4) is 0 Å². The molecule has 1 aromatic carbocycles. The second kappa shape index (κ2) is 9.91. The van der Waals surface area contributed by atoms with Gasteiger partial charge in [-0.2, -0.15) is 0 Å². The number of aliphatic hydroxyl groups is 1. The van der Waals surface area contributed by atoms with E-state index in [2.05, 4.69) is 26.0 Å². The van der Waals surface area contributed by atoms with E-state index in [0.717, 1.165) is 24.6 Å². The second-order valence-corrected chi connectivity index (χ2v) is 6.73. The van der Waals surface area contributed by atoms with Crippen molar-refractivity contribution >= 4 is 0 Å². The molecule has 130 valence electrons. The van der Waals surface area contributed by atoms with Gasteiger partial charge in [0.15, 0.2) is 0 Å². The van der Waals surface area contributed by atoms with Gasteiger partial charge >= 0.3 is 0 Å². The number of ether oxygens (including phenoxy) is 2. The number of hydrogen-bond donors (Lipinski definition) is 2. The smallest absolute Gasteiger partial charge is 0.126 e. The molecule has 2 rings (SSSR count). The molecule has 0 amide bonds. The van der Waals surface area contributed by atoms with Gasteiger partial charge in [0.2, 0.25) is 0 Å². The molecule has 1 aliphatic heterocycles. The Bertz CT molecular complexity index is 435. The summed E-state index contributed by atoms with van der Waals surface area (Å²) in [6, 6.07) is 8.16. The molecule has 0 aliphatic carbocycles. The van der Waals surface area contributed by atoms with Gasteiger partial charge in [-0.3, -0.25) is 0 Å².